The summed E-state index contributed by atoms with van der Waals surface area (Å²) in [6, 6.07) is 13.7. The minimum absolute atomic E-state index is 0. The van der Waals surface area contributed by atoms with Crippen LogP contribution < -0.4 is 29.3 Å². The van der Waals surface area contributed by atoms with Crippen LogP contribution >= 0.6 is 0 Å². The van der Waals surface area contributed by atoms with Gasteiger partial charge in [-0.15, -0.1) is 0 Å². The largest absolute Gasteiger partial charge is 1.00 e. The number of rotatable bonds is 4. The van der Waals surface area contributed by atoms with E-state index in [-0.39, 0.29) is 27.9 Å². The first kappa shape index (κ1) is 25.6. The molecule has 34 heavy (non-hydrogen) atoms. The Bertz CT molecular complexity index is 1340. The van der Waals surface area contributed by atoms with E-state index in [1.807, 2.05) is 31.3 Å². The Morgan fingerprint density at radius 3 is 2.65 bits per heavy atom. The topological polar surface area (TPSA) is 30.2 Å². The fourth-order valence-corrected chi connectivity index (χ4v) is 23.9. The summed E-state index contributed by atoms with van der Waals surface area (Å²) in [6.45, 7) is 2.53. The van der Waals surface area contributed by atoms with Gasteiger partial charge >= 0.3 is 204 Å². The van der Waals surface area contributed by atoms with Crippen molar-refractivity contribution < 1.29 is 44.1 Å². The van der Waals surface area contributed by atoms with Crippen LogP contribution in [0, 0.1) is 0 Å². The van der Waals surface area contributed by atoms with E-state index in [0.29, 0.717) is 8.11 Å². The molecule has 0 bridgehead atoms. The molecule has 0 radical (unpaired) electrons. The second-order valence-corrected chi connectivity index (χ2v) is 30.1. The summed E-state index contributed by atoms with van der Waals surface area (Å²) >= 11 is -1.03. The van der Waals surface area contributed by atoms with Crippen LogP contribution in [0.5, 0.6) is 0 Å². The molecule has 3 aliphatic rings. The van der Waals surface area contributed by atoms with Crippen molar-refractivity contribution in [2.24, 2.45) is 4.99 Å². The Hall–Kier alpha value is -1.49. The quantitative estimate of drug-likeness (QED) is 0.249. The van der Waals surface area contributed by atoms with Gasteiger partial charge in [-0.2, -0.15) is 0 Å². The molecule has 0 amide bonds. The number of aliphatic imine (C=N–C) groups is 1. The Morgan fingerprint density at radius 1 is 1.09 bits per heavy atom. The third-order valence-electron chi connectivity index (χ3n) is 7.49. The summed E-state index contributed by atoms with van der Waals surface area (Å²) in [5.74, 6) is 0. The van der Waals surface area contributed by atoms with E-state index >= 15 is 0 Å². The van der Waals surface area contributed by atoms with Gasteiger partial charge in [0.05, 0.1) is 0 Å². The number of nitrogens with zero attached hydrogens (tertiary/aromatic N) is 4. The number of halogens is 2. The van der Waals surface area contributed by atoms with Gasteiger partial charge in [0.25, 0.3) is 0 Å². The van der Waals surface area contributed by atoms with E-state index in [1.165, 1.54) is 33.6 Å². The van der Waals surface area contributed by atoms with Crippen molar-refractivity contribution in [3.05, 3.63) is 102 Å². The van der Waals surface area contributed by atoms with E-state index < -0.39 is 19.2 Å². The molecule has 3 atom stereocenters. The van der Waals surface area contributed by atoms with Crippen LogP contribution in [0.25, 0.3) is 17.8 Å². The van der Waals surface area contributed by atoms with Gasteiger partial charge in [0.15, 0.2) is 0 Å². The average molecular weight is 629 g/mol. The van der Waals surface area contributed by atoms with Crippen molar-refractivity contribution in [2.75, 3.05) is 7.05 Å². The van der Waals surface area contributed by atoms with Crippen LogP contribution in [0.4, 0.5) is 5.69 Å². The normalized spacial score (nSPS) is 25.2. The van der Waals surface area contributed by atoms with E-state index in [4.69, 9.17) is 0 Å². The molecule has 4 nitrogen and oxygen atoms in total. The number of imidazole rings is 1. The van der Waals surface area contributed by atoms with E-state index in [9.17, 15) is 0 Å². The molecule has 8 heteroatoms. The number of benzene rings is 2. The van der Waals surface area contributed by atoms with Crippen molar-refractivity contribution >= 4 is 36.9 Å². The first-order chi connectivity index (χ1) is 15.5. The maximum atomic E-state index is 4.38. The SMILES string of the molecule is C[C]1([Zr]([GeH3])[CH]2C=Cc3c2cccc3-n2ccnc2)C=Cc2c1cccc2[N+]1(C)C=CN=C1.[Cl-].[Cl-]. The van der Waals surface area contributed by atoms with Gasteiger partial charge in [0, 0.05) is 0 Å². The smallest absolute Gasteiger partial charge is 1.00 e. The molecule has 0 N–H and O–H groups in total. The van der Waals surface area contributed by atoms with Crippen molar-refractivity contribution in [1.82, 2.24) is 14.0 Å². The number of quaternary nitrogens is 1. The monoisotopic (exact) mass is 628 g/mol. The maximum Gasteiger partial charge on any atom is -1.00 e. The second kappa shape index (κ2) is 9.52. The first-order valence-electron chi connectivity index (χ1n) is 11.1. The van der Waals surface area contributed by atoms with Gasteiger partial charge in [0.2, 0.25) is 0 Å². The van der Waals surface area contributed by atoms with E-state index in [2.05, 4.69) is 95.4 Å². The average Bonchev–Trinajstić information content (AvgIpc) is 3.60. The zero-order chi connectivity index (χ0) is 21.9. The Balaban J connectivity index is 0.00000137. The number of aromatic nitrogens is 2. The fraction of sp³-hybridized carbons (Fsp3) is 0.154. The van der Waals surface area contributed by atoms with Crippen molar-refractivity contribution in [1.29, 1.82) is 0 Å². The molecular weight excluding hydrogens is 603 g/mol. The summed E-state index contributed by atoms with van der Waals surface area (Å²) in [4.78, 5) is 8.64. The van der Waals surface area contributed by atoms with Crippen LogP contribution in [0.15, 0.2) is 84.7 Å². The maximum absolute atomic E-state index is 4.38. The third kappa shape index (κ3) is 3.81. The zero-order valence-electron chi connectivity index (χ0n) is 19.4. The van der Waals surface area contributed by atoms with Crippen LogP contribution in [-0.2, 0) is 22.4 Å². The minimum atomic E-state index is -1.86. The molecule has 173 valence electrons. The molecule has 2 heterocycles. The van der Waals surface area contributed by atoms with Gasteiger partial charge in [-0.3, -0.25) is 0 Å². The minimum Gasteiger partial charge on any atom is -1.00 e. The molecule has 0 spiro atoms. The molecule has 3 unspecified atom stereocenters. The molecule has 1 aliphatic heterocycles. The zero-order valence-corrected chi connectivity index (χ0v) is 27.5. The number of fused-ring (bicyclic) bond motifs is 2. The fourth-order valence-electron chi connectivity index (χ4n) is 5.47. The molecule has 0 saturated heterocycles. The van der Waals surface area contributed by atoms with Gasteiger partial charge in [0.1, 0.15) is 0 Å². The summed E-state index contributed by atoms with van der Waals surface area (Å²) in [6.07, 6.45) is 21.7. The van der Waals surface area contributed by atoms with Crippen LogP contribution in [-0.4, -0.2) is 35.7 Å². The van der Waals surface area contributed by atoms with E-state index in [1.54, 1.807) is 0 Å². The standard InChI is InChI=1S/C14H14N2.C12H9N2.2ClH.GeH3.Zr/c1-11-6-7-13-12(11)4-3-5-14(13)16(2)9-8-15-10-16;1-3-10-4-2-6-12(11(10)5-1)14-8-7-13-9-14;;;;/h3-10H,1-2H3;1-9H;2*1H;1H3;/q+1;;;;;/p-2. The number of hydrogen-bond donors (Lipinski definition) is 0. The summed E-state index contributed by atoms with van der Waals surface area (Å²) in [5, 5.41) is 0. The Morgan fingerprint density at radius 2 is 1.91 bits per heavy atom. The summed E-state index contributed by atoms with van der Waals surface area (Å²) in [7, 11) is 2.21. The van der Waals surface area contributed by atoms with Crippen molar-refractivity contribution in [3.63, 3.8) is 0 Å². The van der Waals surface area contributed by atoms with Gasteiger partial charge < -0.3 is 24.8 Å². The predicted molar refractivity (Wildman–Crippen MR) is 133 cm³/mol. The molecule has 0 fully saturated rings. The van der Waals surface area contributed by atoms with Crippen molar-refractivity contribution in [2.45, 2.75) is 13.7 Å². The number of allylic oxidation sites excluding steroid dienone is 2. The molecule has 1 aromatic heterocycles. The van der Waals surface area contributed by atoms with Gasteiger partial charge in [-0.25, -0.2) is 0 Å². The van der Waals surface area contributed by atoms with E-state index in [0.717, 1.165) is 12.7 Å². The molecular formula is C26H26Cl2GeN4Zr-. The predicted octanol–water partition coefficient (Wildman–Crippen LogP) is -1.76. The molecule has 0 saturated carbocycles. The molecule has 6 rings (SSSR count). The third-order valence-corrected chi connectivity index (χ3v) is 36.7. The van der Waals surface area contributed by atoms with Crippen LogP contribution in [0.2, 0.25) is 0 Å². The van der Waals surface area contributed by atoms with Crippen molar-refractivity contribution in [3.8, 4) is 5.69 Å². The molecule has 3 aromatic rings. The summed E-state index contributed by atoms with van der Waals surface area (Å²) < 4.78 is 3.65. The first-order valence-corrected chi connectivity index (χ1v) is 28.6. The Kier molecular flexibility index (Phi) is 7.16. The molecule has 2 aliphatic carbocycles. The van der Waals surface area contributed by atoms with Gasteiger partial charge in [-0.05, 0) is 0 Å². The number of hydrogen-bond acceptors (Lipinski definition) is 2. The van der Waals surface area contributed by atoms with Crippen LogP contribution in [0.1, 0.15) is 32.8 Å². The second-order valence-electron chi connectivity index (χ2n) is 9.25. The Labute approximate surface area is 226 Å². The van der Waals surface area contributed by atoms with Gasteiger partial charge in [-0.1, -0.05) is 0 Å². The summed E-state index contributed by atoms with van der Waals surface area (Å²) in [5.41, 5.74) is 8.44. The van der Waals surface area contributed by atoms with Crippen LogP contribution in [0.3, 0.4) is 0 Å². The molecule has 2 aromatic carbocycles.